The van der Waals surface area contributed by atoms with E-state index < -0.39 is 38.5 Å². The van der Waals surface area contributed by atoms with Gasteiger partial charge in [-0.3, -0.25) is 4.79 Å². The SMILES string of the molecule is C#C[C@H]1CC[C@H](c2ccccc2)S(=O)(=O)N1Cc1ccc(C2(CCC(=O)O)CCOCC2)cc1F. The lowest BCUT2D eigenvalue weighted by Gasteiger charge is -2.38. The highest BCUT2D eigenvalue weighted by Gasteiger charge is 2.42. The van der Waals surface area contributed by atoms with Gasteiger partial charge < -0.3 is 9.84 Å². The Balaban J connectivity index is 1.62. The molecular weight excluding hydrogens is 469 g/mol. The Labute approximate surface area is 206 Å². The first kappa shape index (κ1) is 25.4. The molecule has 2 atom stereocenters. The van der Waals surface area contributed by atoms with Crippen molar-refractivity contribution < 1.29 is 27.4 Å². The number of ether oxygens (including phenoxy) is 1. The van der Waals surface area contributed by atoms with Gasteiger partial charge in [-0.1, -0.05) is 48.4 Å². The van der Waals surface area contributed by atoms with E-state index in [9.17, 15) is 18.3 Å². The molecule has 2 heterocycles. The highest BCUT2D eigenvalue weighted by Crippen LogP contribution is 2.41. The molecule has 4 rings (SSSR count). The van der Waals surface area contributed by atoms with E-state index in [1.807, 2.05) is 6.07 Å². The summed E-state index contributed by atoms with van der Waals surface area (Å²) in [5, 5.41) is 8.48. The molecule has 8 heteroatoms. The Morgan fingerprint density at radius 2 is 1.89 bits per heavy atom. The topological polar surface area (TPSA) is 83.9 Å². The highest BCUT2D eigenvalue weighted by atomic mass is 32.2. The van der Waals surface area contributed by atoms with Crippen molar-refractivity contribution in [2.75, 3.05) is 13.2 Å². The largest absolute Gasteiger partial charge is 0.481 e. The van der Waals surface area contributed by atoms with Crippen molar-refractivity contribution in [3.05, 3.63) is 71.0 Å². The number of rotatable bonds is 7. The number of carboxylic acids is 1. The number of carbonyl (C=O) groups is 1. The molecule has 2 aliphatic heterocycles. The van der Waals surface area contributed by atoms with E-state index in [-0.39, 0.29) is 18.5 Å². The fourth-order valence-corrected chi connectivity index (χ4v) is 7.38. The van der Waals surface area contributed by atoms with E-state index in [0.717, 1.165) is 5.56 Å². The number of hydrogen-bond acceptors (Lipinski definition) is 4. The fourth-order valence-electron chi connectivity index (χ4n) is 5.28. The summed E-state index contributed by atoms with van der Waals surface area (Å²) in [6.45, 7) is 0.817. The number of halogens is 1. The van der Waals surface area contributed by atoms with Gasteiger partial charge in [0.2, 0.25) is 10.0 Å². The Kier molecular flexibility index (Phi) is 7.60. The van der Waals surface area contributed by atoms with E-state index in [2.05, 4.69) is 5.92 Å². The second kappa shape index (κ2) is 10.5. The quantitative estimate of drug-likeness (QED) is 0.571. The van der Waals surface area contributed by atoms with Crippen molar-refractivity contribution >= 4 is 16.0 Å². The summed E-state index contributed by atoms with van der Waals surface area (Å²) in [5.74, 6) is 1.16. The smallest absolute Gasteiger partial charge is 0.303 e. The van der Waals surface area contributed by atoms with Gasteiger partial charge in [-0.15, -0.1) is 6.42 Å². The molecule has 0 unspecified atom stereocenters. The van der Waals surface area contributed by atoms with Gasteiger partial charge in [0.05, 0.1) is 6.04 Å². The van der Waals surface area contributed by atoms with Crippen molar-refractivity contribution in [2.24, 2.45) is 0 Å². The summed E-state index contributed by atoms with van der Waals surface area (Å²) in [5.41, 5.74) is 1.18. The van der Waals surface area contributed by atoms with Crippen LogP contribution in [-0.2, 0) is 31.5 Å². The molecule has 2 aromatic rings. The zero-order valence-electron chi connectivity index (χ0n) is 19.5. The maximum atomic E-state index is 15.4. The number of sulfonamides is 1. The minimum Gasteiger partial charge on any atom is -0.481 e. The lowest BCUT2D eigenvalue weighted by Crippen LogP contribution is -2.45. The summed E-state index contributed by atoms with van der Waals surface area (Å²) in [7, 11) is -3.81. The molecule has 0 aliphatic carbocycles. The van der Waals surface area contributed by atoms with Crippen LogP contribution in [0.3, 0.4) is 0 Å². The van der Waals surface area contributed by atoms with Crippen LogP contribution in [0.15, 0.2) is 48.5 Å². The monoisotopic (exact) mass is 499 g/mol. The molecule has 2 fully saturated rings. The van der Waals surface area contributed by atoms with Gasteiger partial charge >= 0.3 is 5.97 Å². The molecule has 0 spiro atoms. The predicted octanol–water partition coefficient (Wildman–Crippen LogP) is 4.41. The van der Waals surface area contributed by atoms with Crippen molar-refractivity contribution in [1.29, 1.82) is 0 Å². The molecule has 2 aliphatic rings. The van der Waals surface area contributed by atoms with Crippen LogP contribution < -0.4 is 0 Å². The normalized spacial score (nSPS) is 23.9. The zero-order chi connectivity index (χ0) is 25.1. The van der Waals surface area contributed by atoms with Crippen molar-refractivity contribution in [3.8, 4) is 12.3 Å². The lowest BCUT2D eigenvalue weighted by molar-refractivity contribution is -0.137. The standard InChI is InChI=1S/C27H30FNO5S/c1-2-23-10-11-25(20-6-4-3-5-7-20)35(32,33)29(23)19-21-8-9-22(18-24(21)28)27(13-12-26(30)31)14-16-34-17-15-27/h1,3-9,18,23,25H,10-17,19H2,(H,30,31)/t23-,25+/m0/s1. The first-order chi connectivity index (χ1) is 16.8. The Hall–Kier alpha value is -2.73. The fraction of sp³-hybridized carbons (Fsp3) is 0.444. The van der Waals surface area contributed by atoms with Crippen LogP contribution in [0.25, 0.3) is 0 Å². The van der Waals surface area contributed by atoms with E-state index in [1.165, 1.54) is 10.4 Å². The van der Waals surface area contributed by atoms with Crippen LogP contribution in [0.2, 0.25) is 0 Å². The molecule has 2 saturated heterocycles. The van der Waals surface area contributed by atoms with E-state index in [1.54, 1.807) is 36.4 Å². The maximum Gasteiger partial charge on any atom is 0.303 e. The van der Waals surface area contributed by atoms with E-state index >= 15 is 4.39 Å². The predicted molar refractivity (Wildman–Crippen MR) is 131 cm³/mol. The van der Waals surface area contributed by atoms with Crippen LogP contribution in [0, 0.1) is 18.2 Å². The molecule has 35 heavy (non-hydrogen) atoms. The molecule has 1 N–H and O–H groups in total. The lowest BCUT2D eigenvalue weighted by atomic mass is 9.71. The van der Waals surface area contributed by atoms with Gasteiger partial charge in [0.1, 0.15) is 11.1 Å². The van der Waals surface area contributed by atoms with Crippen LogP contribution in [0.4, 0.5) is 4.39 Å². The van der Waals surface area contributed by atoms with Crippen molar-refractivity contribution in [3.63, 3.8) is 0 Å². The summed E-state index contributed by atoms with van der Waals surface area (Å²) < 4.78 is 49.2. The Morgan fingerprint density at radius 3 is 2.51 bits per heavy atom. The Bertz CT molecular complexity index is 1200. The van der Waals surface area contributed by atoms with Gasteiger partial charge in [0.25, 0.3) is 0 Å². The van der Waals surface area contributed by atoms with Crippen molar-refractivity contribution in [1.82, 2.24) is 4.31 Å². The van der Waals surface area contributed by atoms with Crippen molar-refractivity contribution in [2.45, 2.75) is 61.8 Å². The van der Waals surface area contributed by atoms with Gasteiger partial charge in [0.15, 0.2) is 0 Å². The van der Waals surface area contributed by atoms with E-state index in [4.69, 9.17) is 11.2 Å². The summed E-state index contributed by atoms with van der Waals surface area (Å²) in [4.78, 5) is 11.2. The molecule has 186 valence electrons. The summed E-state index contributed by atoms with van der Waals surface area (Å²) in [6.07, 6.45) is 8.18. The summed E-state index contributed by atoms with van der Waals surface area (Å²) >= 11 is 0. The third-order valence-electron chi connectivity index (χ3n) is 7.36. The highest BCUT2D eigenvalue weighted by molar-refractivity contribution is 7.89. The molecule has 0 saturated carbocycles. The number of aliphatic carboxylic acids is 1. The summed E-state index contributed by atoms with van der Waals surface area (Å²) in [6, 6.07) is 13.2. The van der Waals surface area contributed by atoms with Gasteiger partial charge in [0, 0.05) is 37.2 Å². The number of terminal acetylenes is 1. The number of benzene rings is 2. The van der Waals surface area contributed by atoms with Gasteiger partial charge in [-0.05, 0) is 49.3 Å². The van der Waals surface area contributed by atoms with Crippen LogP contribution in [0.5, 0.6) is 0 Å². The molecule has 0 bridgehead atoms. The molecule has 2 aromatic carbocycles. The molecule has 0 aromatic heterocycles. The minimum absolute atomic E-state index is 0.0138. The van der Waals surface area contributed by atoms with Crippen LogP contribution >= 0.6 is 0 Å². The van der Waals surface area contributed by atoms with Gasteiger partial charge in [-0.25, -0.2) is 12.8 Å². The second-order valence-electron chi connectivity index (χ2n) is 9.34. The Morgan fingerprint density at radius 1 is 1.17 bits per heavy atom. The van der Waals surface area contributed by atoms with Crippen LogP contribution in [-0.4, -0.2) is 43.1 Å². The number of nitrogens with zero attached hydrogens (tertiary/aromatic N) is 1. The number of carboxylic acid groups (broad SMARTS) is 1. The second-order valence-corrected chi connectivity index (χ2v) is 11.4. The maximum absolute atomic E-state index is 15.4. The first-order valence-electron chi connectivity index (χ1n) is 11.9. The van der Waals surface area contributed by atoms with Gasteiger partial charge in [-0.2, -0.15) is 4.31 Å². The molecule has 6 nitrogen and oxygen atoms in total. The van der Waals surface area contributed by atoms with Crippen LogP contribution in [0.1, 0.15) is 60.5 Å². The first-order valence-corrected chi connectivity index (χ1v) is 13.4. The number of hydrogen-bond donors (Lipinski definition) is 1. The molecule has 0 radical (unpaired) electrons. The molecule has 0 amide bonds. The molecular formula is C27H30FNO5S. The third-order valence-corrected chi connectivity index (χ3v) is 9.62. The average Bonchev–Trinajstić information content (AvgIpc) is 2.85. The van der Waals surface area contributed by atoms with E-state index in [0.29, 0.717) is 50.9 Å². The zero-order valence-corrected chi connectivity index (χ0v) is 20.3. The third kappa shape index (κ3) is 5.27. The minimum atomic E-state index is -3.81. The average molecular weight is 500 g/mol.